The van der Waals surface area contributed by atoms with Gasteiger partial charge in [0.05, 0.1) is 0 Å². The van der Waals surface area contributed by atoms with Crippen LogP contribution in [0.1, 0.15) is 48.0 Å². The fourth-order valence-electron chi connectivity index (χ4n) is 4.93. The van der Waals surface area contributed by atoms with Crippen molar-refractivity contribution >= 4 is 23.0 Å². The minimum atomic E-state index is -0.261. The SMILES string of the molecule is O=C(c1ccc2ocnc2c1)C1CC2CCCC(C1)N2C(=O)OCc1ccccc1. The maximum atomic E-state index is 13.2. The van der Waals surface area contributed by atoms with E-state index >= 15 is 0 Å². The number of ketones is 1. The van der Waals surface area contributed by atoms with E-state index in [0.717, 1.165) is 24.8 Å². The van der Waals surface area contributed by atoms with Crippen molar-refractivity contribution in [3.63, 3.8) is 0 Å². The van der Waals surface area contributed by atoms with Crippen molar-refractivity contribution in [3.05, 3.63) is 66.1 Å². The summed E-state index contributed by atoms with van der Waals surface area (Å²) >= 11 is 0. The molecule has 2 saturated heterocycles. The molecule has 30 heavy (non-hydrogen) atoms. The second kappa shape index (κ2) is 7.94. The summed E-state index contributed by atoms with van der Waals surface area (Å²) in [5.41, 5.74) is 3.02. The topological polar surface area (TPSA) is 72.6 Å². The normalized spacial score (nSPS) is 23.3. The van der Waals surface area contributed by atoms with Gasteiger partial charge in [0.15, 0.2) is 17.8 Å². The Hall–Kier alpha value is -3.15. The van der Waals surface area contributed by atoms with Crippen molar-refractivity contribution in [1.29, 1.82) is 0 Å². The van der Waals surface area contributed by atoms with Gasteiger partial charge in [-0.1, -0.05) is 30.3 Å². The van der Waals surface area contributed by atoms with Gasteiger partial charge in [0.1, 0.15) is 12.1 Å². The van der Waals surface area contributed by atoms with Gasteiger partial charge in [0.2, 0.25) is 0 Å². The highest BCUT2D eigenvalue weighted by molar-refractivity contribution is 6.00. The molecule has 2 bridgehead atoms. The van der Waals surface area contributed by atoms with Crippen LogP contribution in [-0.2, 0) is 11.3 Å². The Morgan fingerprint density at radius 3 is 2.60 bits per heavy atom. The predicted octanol–water partition coefficient (Wildman–Crippen LogP) is 4.98. The number of benzene rings is 2. The molecule has 1 amide bonds. The van der Waals surface area contributed by atoms with Crippen LogP contribution in [0, 0.1) is 5.92 Å². The van der Waals surface area contributed by atoms with Gasteiger partial charge >= 0.3 is 6.09 Å². The lowest BCUT2D eigenvalue weighted by Crippen LogP contribution is -2.55. The number of hydrogen-bond donors (Lipinski definition) is 0. The average molecular weight is 404 g/mol. The fourth-order valence-corrected chi connectivity index (χ4v) is 4.93. The molecule has 6 heteroatoms. The molecule has 2 atom stereocenters. The number of nitrogens with zero attached hydrogens (tertiary/aromatic N) is 2. The molecular weight excluding hydrogens is 380 g/mol. The Morgan fingerprint density at radius 1 is 1.07 bits per heavy atom. The molecule has 0 radical (unpaired) electrons. The Morgan fingerprint density at radius 2 is 1.83 bits per heavy atom. The van der Waals surface area contributed by atoms with Crippen molar-refractivity contribution in [2.24, 2.45) is 5.92 Å². The summed E-state index contributed by atoms with van der Waals surface area (Å²) in [4.78, 5) is 32.1. The lowest BCUT2D eigenvalue weighted by atomic mass is 9.76. The van der Waals surface area contributed by atoms with E-state index in [9.17, 15) is 9.59 Å². The molecule has 3 heterocycles. The van der Waals surface area contributed by atoms with Gasteiger partial charge in [0.25, 0.3) is 0 Å². The molecule has 0 N–H and O–H groups in total. The van der Waals surface area contributed by atoms with Crippen molar-refractivity contribution in [2.75, 3.05) is 0 Å². The predicted molar refractivity (Wildman–Crippen MR) is 111 cm³/mol. The van der Waals surface area contributed by atoms with Crippen LogP contribution in [0.15, 0.2) is 59.3 Å². The van der Waals surface area contributed by atoms with Gasteiger partial charge in [0, 0.05) is 23.6 Å². The number of carbonyl (C=O) groups is 2. The van der Waals surface area contributed by atoms with E-state index in [-0.39, 0.29) is 36.5 Å². The molecule has 0 aliphatic carbocycles. The van der Waals surface area contributed by atoms with Crippen LogP contribution in [0.4, 0.5) is 4.79 Å². The third-order valence-electron chi connectivity index (χ3n) is 6.38. The van der Waals surface area contributed by atoms with E-state index in [1.54, 1.807) is 12.1 Å². The number of fused-ring (bicyclic) bond motifs is 3. The Bertz CT molecular complexity index is 1050. The molecule has 2 aliphatic heterocycles. The summed E-state index contributed by atoms with van der Waals surface area (Å²) in [6, 6.07) is 15.2. The number of aromatic nitrogens is 1. The van der Waals surface area contributed by atoms with Gasteiger partial charge in [-0.2, -0.15) is 0 Å². The average Bonchev–Trinajstić information content (AvgIpc) is 3.24. The lowest BCUT2D eigenvalue weighted by molar-refractivity contribution is 0.00473. The Labute approximate surface area is 174 Å². The standard InChI is InChI=1S/C24H24N2O4/c27-23(17-9-10-22-21(13-17)25-15-30-22)18-11-19-7-4-8-20(12-18)26(19)24(28)29-14-16-5-2-1-3-6-16/h1-3,5-6,9-10,13,15,18-20H,4,7-8,11-12,14H2. The number of ether oxygens (including phenoxy) is 1. The quantitative estimate of drug-likeness (QED) is 0.574. The van der Waals surface area contributed by atoms with E-state index in [0.29, 0.717) is 29.5 Å². The molecule has 5 rings (SSSR count). The molecule has 0 spiro atoms. The highest BCUT2D eigenvalue weighted by Gasteiger charge is 2.43. The van der Waals surface area contributed by atoms with Crippen LogP contribution < -0.4 is 0 Å². The molecule has 0 saturated carbocycles. The monoisotopic (exact) mass is 404 g/mol. The maximum absolute atomic E-state index is 13.2. The zero-order chi connectivity index (χ0) is 20.5. The highest BCUT2D eigenvalue weighted by Crippen LogP contribution is 2.39. The summed E-state index contributed by atoms with van der Waals surface area (Å²) in [7, 11) is 0. The zero-order valence-electron chi connectivity index (χ0n) is 16.7. The van der Waals surface area contributed by atoms with Crippen LogP contribution in [0.5, 0.6) is 0 Å². The number of rotatable bonds is 4. The summed E-state index contributed by atoms with van der Waals surface area (Å²) in [5.74, 6) is 0.0527. The number of piperidine rings is 2. The summed E-state index contributed by atoms with van der Waals surface area (Å²) in [6.07, 6.45) is 5.43. The third-order valence-corrected chi connectivity index (χ3v) is 6.38. The van der Waals surface area contributed by atoms with E-state index < -0.39 is 0 Å². The van der Waals surface area contributed by atoms with Crippen molar-refractivity contribution in [2.45, 2.75) is 50.8 Å². The minimum Gasteiger partial charge on any atom is -0.445 e. The van der Waals surface area contributed by atoms with E-state index in [1.165, 1.54) is 6.39 Å². The summed E-state index contributed by atoms with van der Waals surface area (Å²) in [5, 5.41) is 0. The number of hydrogen-bond acceptors (Lipinski definition) is 5. The zero-order valence-corrected chi connectivity index (χ0v) is 16.7. The number of carbonyl (C=O) groups excluding carboxylic acids is 2. The molecule has 2 unspecified atom stereocenters. The van der Waals surface area contributed by atoms with Crippen LogP contribution >= 0.6 is 0 Å². The number of amides is 1. The van der Waals surface area contributed by atoms with Gasteiger partial charge in [-0.3, -0.25) is 4.79 Å². The van der Waals surface area contributed by atoms with Gasteiger partial charge < -0.3 is 14.1 Å². The molecule has 2 aliphatic rings. The summed E-state index contributed by atoms with van der Waals surface area (Å²) < 4.78 is 10.9. The maximum Gasteiger partial charge on any atom is 0.410 e. The van der Waals surface area contributed by atoms with Crippen molar-refractivity contribution in [1.82, 2.24) is 9.88 Å². The summed E-state index contributed by atoms with van der Waals surface area (Å²) in [6.45, 7) is 0.273. The van der Waals surface area contributed by atoms with Gasteiger partial charge in [-0.05, 0) is 55.9 Å². The van der Waals surface area contributed by atoms with Crippen LogP contribution in [0.2, 0.25) is 0 Å². The first-order valence-electron chi connectivity index (χ1n) is 10.6. The van der Waals surface area contributed by atoms with E-state index in [1.807, 2.05) is 41.3 Å². The van der Waals surface area contributed by atoms with E-state index in [2.05, 4.69) is 4.98 Å². The first-order valence-corrected chi connectivity index (χ1v) is 10.6. The number of oxazole rings is 1. The highest BCUT2D eigenvalue weighted by atomic mass is 16.6. The largest absolute Gasteiger partial charge is 0.445 e. The molecular formula is C24H24N2O4. The van der Waals surface area contributed by atoms with Crippen LogP contribution in [-0.4, -0.2) is 33.8 Å². The molecule has 2 aromatic carbocycles. The molecule has 2 fully saturated rings. The van der Waals surface area contributed by atoms with Gasteiger partial charge in [-0.25, -0.2) is 9.78 Å². The molecule has 6 nitrogen and oxygen atoms in total. The lowest BCUT2D eigenvalue weighted by Gasteiger charge is -2.47. The number of Topliss-reactive ketones (excluding diaryl/α,β-unsaturated/α-hetero) is 1. The first kappa shape index (κ1) is 18.9. The fraction of sp³-hybridized carbons (Fsp3) is 0.375. The van der Waals surface area contributed by atoms with Crippen LogP contribution in [0.3, 0.4) is 0 Å². The smallest absolute Gasteiger partial charge is 0.410 e. The second-order valence-electron chi connectivity index (χ2n) is 8.25. The molecule has 154 valence electrons. The van der Waals surface area contributed by atoms with Gasteiger partial charge in [-0.15, -0.1) is 0 Å². The van der Waals surface area contributed by atoms with Crippen molar-refractivity contribution < 1.29 is 18.7 Å². The molecule has 1 aromatic heterocycles. The van der Waals surface area contributed by atoms with E-state index in [4.69, 9.17) is 9.15 Å². The third kappa shape index (κ3) is 3.58. The van der Waals surface area contributed by atoms with Crippen LogP contribution in [0.25, 0.3) is 11.1 Å². The minimum absolute atomic E-state index is 0.0607. The molecule has 3 aromatic rings. The Balaban J connectivity index is 1.28. The first-order chi connectivity index (χ1) is 14.7. The van der Waals surface area contributed by atoms with Crippen molar-refractivity contribution in [3.8, 4) is 0 Å². The second-order valence-corrected chi connectivity index (χ2v) is 8.25. The Kier molecular flexibility index (Phi) is 4.99.